The van der Waals surface area contributed by atoms with E-state index >= 15 is 0 Å². The van der Waals surface area contributed by atoms with E-state index in [1.54, 1.807) is 0 Å². The van der Waals surface area contributed by atoms with Crippen molar-refractivity contribution in [3.05, 3.63) is 206 Å². The highest BCUT2D eigenvalue weighted by atomic mass is 14.2. The summed E-state index contributed by atoms with van der Waals surface area (Å²) in [5, 5.41) is 15.3. The molecule has 54 heavy (non-hydrogen) atoms. The molecule has 0 heteroatoms. The highest BCUT2D eigenvalue weighted by Gasteiger charge is 2.18. The second kappa shape index (κ2) is 12.3. The summed E-state index contributed by atoms with van der Waals surface area (Å²) in [5.74, 6) is 0. The highest BCUT2D eigenvalue weighted by molar-refractivity contribution is 6.22. The number of rotatable bonds is 4. The minimum atomic E-state index is 1.22. The van der Waals surface area contributed by atoms with Gasteiger partial charge in [-0.2, -0.15) is 0 Å². The molecule has 0 heterocycles. The summed E-state index contributed by atoms with van der Waals surface area (Å²) in [6.45, 7) is 0. The van der Waals surface area contributed by atoms with Gasteiger partial charge in [0.25, 0.3) is 0 Å². The van der Waals surface area contributed by atoms with Crippen molar-refractivity contribution in [3.63, 3.8) is 0 Å². The molecule has 250 valence electrons. The Morgan fingerprint density at radius 3 is 0.870 bits per heavy atom. The third-order valence-electron chi connectivity index (χ3n) is 11.4. The fourth-order valence-electron chi connectivity index (χ4n) is 9.02. The number of fused-ring (bicyclic) bond motifs is 8. The molecule has 0 bridgehead atoms. The maximum absolute atomic E-state index is 2.40. The first kappa shape index (κ1) is 30.6. The van der Waals surface area contributed by atoms with Gasteiger partial charge in [0.05, 0.1) is 0 Å². The largest absolute Gasteiger partial charge is 0.0616 e. The molecular formula is C54H34. The van der Waals surface area contributed by atoms with E-state index in [1.807, 2.05) is 0 Å². The summed E-state index contributed by atoms with van der Waals surface area (Å²) < 4.78 is 0. The Balaban J connectivity index is 1.13. The maximum atomic E-state index is 2.40. The molecule has 0 aliphatic heterocycles. The molecule has 0 amide bonds. The van der Waals surface area contributed by atoms with Crippen LogP contribution in [0.4, 0.5) is 0 Å². The molecule has 0 fully saturated rings. The summed E-state index contributed by atoms with van der Waals surface area (Å²) >= 11 is 0. The summed E-state index contributed by atoms with van der Waals surface area (Å²) in [4.78, 5) is 0. The molecule has 0 spiro atoms. The highest BCUT2D eigenvalue weighted by Crippen LogP contribution is 2.46. The fraction of sp³-hybridized carbons (Fsp3) is 0. The van der Waals surface area contributed by atoms with Crippen LogP contribution in [0.5, 0.6) is 0 Å². The van der Waals surface area contributed by atoms with Crippen molar-refractivity contribution >= 4 is 64.6 Å². The second-order valence-corrected chi connectivity index (χ2v) is 14.4. The van der Waals surface area contributed by atoms with Crippen LogP contribution >= 0.6 is 0 Å². The van der Waals surface area contributed by atoms with Crippen LogP contribution in [0.2, 0.25) is 0 Å². The van der Waals surface area contributed by atoms with Gasteiger partial charge in [-0.05, 0) is 133 Å². The fourth-order valence-corrected chi connectivity index (χ4v) is 9.02. The van der Waals surface area contributed by atoms with Crippen LogP contribution in [0.1, 0.15) is 0 Å². The van der Waals surface area contributed by atoms with Gasteiger partial charge in [-0.15, -0.1) is 0 Å². The summed E-state index contributed by atoms with van der Waals surface area (Å²) in [7, 11) is 0. The first-order valence-electron chi connectivity index (χ1n) is 18.8. The van der Waals surface area contributed by atoms with E-state index in [4.69, 9.17) is 0 Å². The van der Waals surface area contributed by atoms with Crippen LogP contribution in [0.25, 0.3) is 109 Å². The molecular weight excluding hydrogens is 649 g/mol. The van der Waals surface area contributed by atoms with E-state index in [0.29, 0.717) is 0 Å². The molecule has 0 atom stereocenters. The minimum absolute atomic E-state index is 1.22. The average Bonchev–Trinajstić information content (AvgIpc) is 3.25. The van der Waals surface area contributed by atoms with Crippen LogP contribution in [0, 0.1) is 0 Å². The lowest BCUT2D eigenvalue weighted by atomic mass is 9.84. The Bertz CT molecular complexity index is 3000. The molecule has 0 saturated heterocycles. The first-order valence-corrected chi connectivity index (χ1v) is 18.8. The molecule has 0 unspecified atom stereocenters. The summed E-state index contributed by atoms with van der Waals surface area (Å²) in [5.41, 5.74) is 9.95. The molecule has 11 rings (SSSR count). The first-order chi connectivity index (χ1) is 26.8. The van der Waals surface area contributed by atoms with Crippen molar-refractivity contribution in [3.8, 4) is 44.5 Å². The topological polar surface area (TPSA) is 0 Å². The lowest BCUT2D eigenvalue weighted by Crippen LogP contribution is -1.92. The van der Waals surface area contributed by atoms with Gasteiger partial charge in [-0.1, -0.05) is 182 Å². The standard InChI is InChI=1S/C54H34/c1-3-21-41-37(15-1)33-51(45-25-7-5-23-43(41)45)35-17-13-19-39(31-35)53-47-27-9-11-29-49(47)54(50-30-12-10-28-48(50)53)40-20-14-18-36(32-40)52-34-38-16-2-4-22-42(38)44-24-6-8-26-46(44)52/h1-34H. The third kappa shape index (κ3) is 4.78. The van der Waals surface area contributed by atoms with E-state index in [0.717, 1.165) is 0 Å². The zero-order valence-electron chi connectivity index (χ0n) is 29.6. The number of benzene rings is 11. The Labute approximate surface area is 314 Å². The van der Waals surface area contributed by atoms with E-state index in [9.17, 15) is 0 Å². The Morgan fingerprint density at radius 1 is 0.185 bits per heavy atom. The monoisotopic (exact) mass is 682 g/mol. The van der Waals surface area contributed by atoms with Gasteiger partial charge in [0.1, 0.15) is 0 Å². The van der Waals surface area contributed by atoms with Gasteiger partial charge in [0.15, 0.2) is 0 Å². The molecule has 0 saturated carbocycles. The zero-order chi connectivity index (χ0) is 35.6. The maximum Gasteiger partial charge on any atom is -0.00262 e. The number of hydrogen-bond donors (Lipinski definition) is 0. The van der Waals surface area contributed by atoms with Crippen LogP contribution in [-0.4, -0.2) is 0 Å². The third-order valence-corrected chi connectivity index (χ3v) is 11.4. The molecule has 11 aromatic carbocycles. The van der Waals surface area contributed by atoms with Crippen molar-refractivity contribution in [2.75, 3.05) is 0 Å². The SMILES string of the molecule is c1cc(-c2c3ccccc3c(-c3cccc(-c4cc5ccccc5c5ccccc45)c3)c3ccccc23)cc(-c2cc3ccccc3c3ccccc23)c1. The quantitative estimate of drug-likeness (QED) is 0.128. The van der Waals surface area contributed by atoms with Crippen molar-refractivity contribution in [2.45, 2.75) is 0 Å². The molecule has 0 aliphatic carbocycles. The second-order valence-electron chi connectivity index (χ2n) is 14.4. The normalized spacial score (nSPS) is 11.7. The van der Waals surface area contributed by atoms with Crippen molar-refractivity contribution in [1.82, 2.24) is 0 Å². The van der Waals surface area contributed by atoms with Gasteiger partial charge in [-0.3, -0.25) is 0 Å². The molecule has 0 aliphatic rings. The minimum Gasteiger partial charge on any atom is -0.0616 e. The number of hydrogen-bond acceptors (Lipinski definition) is 0. The Hall–Kier alpha value is -7.02. The van der Waals surface area contributed by atoms with Gasteiger partial charge < -0.3 is 0 Å². The van der Waals surface area contributed by atoms with E-state index in [1.165, 1.54) is 109 Å². The van der Waals surface area contributed by atoms with Crippen molar-refractivity contribution < 1.29 is 0 Å². The van der Waals surface area contributed by atoms with Crippen molar-refractivity contribution in [1.29, 1.82) is 0 Å². The van der Waals surface area contributed by atoms with Gasteiger partial charge in [0, 0.05) is 0 Å². The molecule has 0 N–H and O–H groups in total. The predicted octanol–water partition coefficient (Wildman–Crippen LogP) is 15.3. The van der Waals surface area contributed by atoms with E-state index in [-0.39, 0.29) is 0 Å². The molecule has 11 aromatic rings. The van der Waals surface area contributed by atoms with Crippen LogP contribution in [0.3, 0.4) is 0 Å². The van der Waals surface area contributed by atoms with E-state index in [2.05, 4.69) is 206 Å². The lowest BCUT2D eigenvalue weighted by molar-refractivity contribution is 1.63. The van der Waals surface area contributed by atoms with Gasteiger partial charge in [-0.25, -0.2) is 0 Å². The van der Waals surface area contributed by atoms with Crippen LogP contribution < -0.4 is 0 Å². The Morgan fingerprint density at radius 2 is 0.481 bits per heavy atom. The van der Waals surface area contributed by atoms with E-state index < -0.39 is 0 Å². The summed E-state index contributed by atoms with van der Waals surface area (Å²) in [6, 6.07) is 76.1. The molecule has 0 radical (unpaired) electrons. The predicted molar refractivity (Wildman–Crippen MR) is 233 cm³/mol. The van der Waals surface area contributed by atoms with Gasteiger partial charge in [0.2, 0.25) is 0 Å². The summed E-state index contributed by atoms with van der Waals surface area (Å²) in [6.07, 6.45) is 0. The van der Waals surface area contributed by atoms with Crippen LogP contribution in [-0.2, 0) is 0 Å². The zero-order valence-corrected chi connectivity index (χ0v) is 29.6. The molecule has 0 nitrogen and oxygen atoms in total. The van der Waals surface area contributed by atoms with Crippen LogP contribution in [0.15, 0.2) is 206 Å². The molecule has 0 aromatic heterocycles. The smallest absolute Gasteiger partial charge is 0.00262 e. The average molecular weight is 683 g/mol. The Kier molecular flexibility index (Phi) is 6.97. The van der Waals surface area contributed by atoms with Crippen molar-refractivity contribution in [2.24, 2.45) is 0 Å². The van der Waals surface area contributed by atoms with Gasteiger partial charge >= 0.3 is 0 Å². The lowest BCUT2D eigenvalue weighted by Gasteiger charge is -2.19.